The molecule has 4 nitrogen and oxygen atoms in total. The number of benzene rings is 1. The average Bonchev–Trinajstić information content (AvgIpc) is 2.77. The van der Waals surface area contributed by atoms with Crippen LogP contribution in [0, 0.1) is 0 Å². The van der Waals surface area contributed by atoms with Gasteiger partial charge in [0, 0.05) is 12.1 Å². The predicted octanol–water partition coefficient (Wildman–Crippen LogP) is 3.37. The van der Waals surface area contributed by atoms with Crippen molar-refractivity contribution in [3.63, 3.8) is 0 Å². The molecule has 2 heterocycles. The lowest BCUT2D eigenvalue weighted by Gasteiger charge is -2.13. The standard InChI is InChI=1S/C15H15BrN2O2/c16-13-7-6-12(20-13)15(17)10-4-5-11-9(8-10)2-1-3-14(19)18-11/h4-8,15H,1-3,17H2,(H,18,19). The smallest absolute Gasteiger partial charge is 0.224 e. The van der Waals surface area contributed by atoms with E-state index in [1.807, 2.05) is 24.3 Å². The van der Waals surface area contributed by atoms with Crippen LogP contribution < -0.4 is 11.1 Å². The van der Waals surface area contributed by atoms with Crippen LogP contribution in [-0.2, 0) is 11.2 Å². The number of hydrogen-bond donors (Lipinski definition) is 2. The summed E-state index contributed by atoms with van der Waals surface area (Å²) in [5.74, 6) is 0.797. The third kappa shape index (κ3) is 2.64. The van der Waals surface area contributed by atoms with Crippen molar-refractivity contribution in [3.05, 3.63) is 51.9 Å². The van der Waals surface area contributed by atoms with Gasteiger partial charge in [0.1, 0.15) is 5.76 Å². The zero-order chi connectivity index (χ0) is 14.1. The number of carbonyl (C=O) groups excluding carboxylic acids is 1. The number of rotatable bonds is 2. The molecular weight excluding hydrogens is 320 g/mol. The number of fused-ring (bicyclic) bond motifs is 1. The number of hydrogen-bond acceptors (Lipinski definition) is 3. The summed E-state index contributed by atoms with van der Waals surface area (Å²) in [5, 5.41) is 2.92. The van der Waals surface area contributed by atoms with Gasteiger partial charge in [0.2, 0.25) is 5.91 Å². The van der Waals surface area contributed by atoms with Gasteiger partial charge in [-0.25, -0.2) is 0 Å². The van der Waals surface area contributed by atoms with Crippen LogP contribution in [0.4, 0.5) is 5.69 Å². The highest BCUT2D eigenvalue weighted by Crippen LogP contribution is 2.29. The number of aryl methyl sites for hydroxylation is 1. The van der Waals surface area contributed by atoms with E-state index in [1.165, 1.54) is 0 Å². The maximum atomic E-state index is 11.5. The zero-order valence-corrected chi connectivity index (χ0v) is 12.4. The SMILES string of the molecule is NC(c1ccc2c(c1)CCCC(=O)N2)c1ccc(Br)o1. The first-order chi connectivity index (χ1) is 9.63. The fourth-order valence-electron chi connectivity index (χ4n) is 2.45. The van der Waals surface area contributed by atoms with Crippen LogP contribution in [0.1, 0.15) is 35.8 Å². The van der Waals surface area contributed by atoms with Crippen molar-refractivity contribution in [2.45, 2.75) is 25.3 Å². The van der Waals surface area contributed by atoms with Crippen molar-refractivity contribution >= 4 is 27.5 Å². The van der Waals surface area contributed by atoms with Crippen molar-refractivity contribution < 1.29 is 9.21 Å². The lowest BCUT2D eigenvalue weighted by molar-refractivity contribution is -0.116. The largest absolute Gasteiger partial charge is 0.452 e. The van der Waals surface area contributed by atoms with Crippen LogP contribution in [0.25, 0.3) is 0 Å². The first-order valence-corrected chi connectivity index (χ1v) is 7.36. The molecule has 20 heavy (non-hydrogen) atoms. The van der Waals surface area contributed by atoms with E-state index in [2.05, 4.69) is 27.3 Å². The molecule has 1 amide bonds. The van der Waals surface area contributed by atoms with Gasteiger partial charge in [0.05, 0.1) is 6.04 Å². The van der Waals surface area contributed by atoms with Gasteiger partial charge in [0.15, 0.2) is 4.67 Å². The van der Waals surface area contributed by atoms with Gasteiger partial charge in [0.25, 0.3) is 0 Å². The van der Waals surface area contributed by atoms with E-state index < -0.39 is 0 Å². The van der Waals surface area contributed by atoms with E-state index in [4.69, 9.17) is 10.2 Å². The number of nitrogens with two attached hydrogens (primary N) is 1. The Hall–Kier alpha value is -1.59. The first-order valence-electron chi connectivity index (χ1n) is 6.57. The molecule has 1 aliphatic heterocycles. The second-order valence-corrected chi connectivity index (χ2v) is 5.72. The zero-order valence-electron chi connectivity index (χ0n) is 10.9. The topological polar surface area (TPSA) is 68.3 Å². The van der Waals surface area contributed by atoms with Crippen LogP contribution >= 0.6 is 15.9 Å². The number of halogens is 1. The minimum Gasteiger partial charge on any atom is -0.452 e. The van der Waals surface area contributed by atoms with Crippen molar-refractivity contribution in [1.82, 2.24) is 0 Å². The molecule has 1 unspecified atom stereocenters. The maximum Gasteiger partial charge on any atom is 0.224 e. The molecule has 3 N–H and O–H groups in total. The monoisotopic (exact) mass is 334 g/mol. The Morgan fingerprint density at radius 1 is 1.25 bits per heavy atom. The normalized spacial score (nSPS) is 16.2. The lowest BCUT2D eigenvalue weighted by Crippen LogP contribution is -2.12. The number of nitrogens with one attached hydrogen (secondary N) is 1. The van der Waals surface area contributed by atoms with Crippen LogP contribution in [0.2, 0.25) is 0 Å². The summed E-state index contributed by atoms with van der Waals surface area (Å²) in [4.78, 5) is 11.5. The van der Waals surface area contributed by atoms with E-state index in [0.29, 0.717) is 11.1 Å². The molecule has 0 bridgehead atoms. The molecular formula is C15H15BrN2O2. The Morgan fingerprint density at radius 2 is 2.10 bits per heavy atom. The molecule has 0 saturated heterocycles. The summed E-state index contributed by atoms with van der Waals surface area (Å²) in [7, 11) is 0. The minimum atomic E-state index is -0.300. The van der Waals surface area contributed by atoms with Crippen molar-refractivity contribution in [3.8, 4) is 0 Å². The number of furan rings is 1. The molecule has 1 aliphatic rings. The van der Waals surface area contributed by atoms with Crippen LogP contribution in [0.5, 0.6) is 0 Å². The molecule has 0 spiro atoms. The number of amides is 1. The highest BCUT2D eigenvalue weighted by atomic mass is 79.9. The summed E-state index contributed by atoms with van der Waals surface area (Å²) < 4.78 is 6.18. The molecule has 0 fully saturated rings. The fraction of sp³-hybridized carbons (Fsp3) is 0.267. The molecule has 3 rings (SSSR count). The maximum absolute atomic E-state index is 11.5. The van der Waals surface area contributed by atoms with Gasteiger partial charge < -0.3 is 15.5 Å². The highest BCUT2D eigenvalue weighted by molar-refractivity contribution is 9.10. The summed E-state index contributed by atoms with van der Waals surface area (Å²) in [6.45, 7) is 0. The molecule has 1 aromatic heterocycles. The highest BCUT2D eigenvalue weighted by Gasteiger charge is 2.17. The Kier molecular flexibility index (Phi) is 3.63. The van der Waals surface area contributed by atoms with Gasteiger partial charge in [-0.2, -0.15) is 0 Å². The lowest BCUT2D eigenvalue weighted by atomic mass is 9.99. The van der Waals surface area contributed by atoms with Crippen molar-refractivity contribution in [2.75, 3.05) is 5.32 Å². The third-order valence-corrected chi connectivity index (χ3v) is 3.94. The second kappa shape index (κ2) is 5.42. The van der Waals surface area contributed by atoms with E-state index in [9.17, 15) is 4.79 Å². The molecule has 0 aliphatic carbocycles. The average molecular weight is 335 g/mol. The molecule has 2 aromatic rings. The quantitative estimate of drug-likeness (QED) is 0.884. The van der Waals surface area contributed by atoms with Gasteiger partial charge in [-0.3, -0.25) is 4.79 Å². The first kappa shape index (κ1) is 13.4. The molecule has 0 saturated carbocycles. The summed E-state index contributed by atoms with van der Waals surface area (Å²) in [6, 6.07) is 9.31. The number of carbonyl (C=O) groups is 1. The van der Waals surface area contributed by atoms with Gasteiger partial charge in [-0.1, -0.05) is 12.1 Å². The van der Waals surface area contributed by atoms with Gasteiger partial charge >= 0.3 is 0 Å². The third-order valence-electron chi connectivity index (χ3n) is 3.51. The van der Waals surface area contributed by atoms with Gasteiger partial charge in [-0.15, -0.1) is 0 Å². The second-order valence-electron chi connectivity index (χ2n) is 4.94. The fourth-order valence-corrected chi connectivity index (χ4v) is 2.77. The molecule has 0 radical (unpaired) electrons. The molecule has 104 valence electrons. The summed E-state index contributed by atoms with van der Waals surface area (Å²) in [6.07, 6.45) is 2.32. The summed E-state index contributed by atoms with van der Waals surface area (Å²) in [5.41, 5.74) is 9.24. The van der Waals surface area contributed by atoms with E-state index in [1.54, 1.807) is 0 Å². The van der Waals surface area contributed by atoms with Crippen molar-refractivity contribution in [1.29, 1.82) is 0 Å². The Labute approximate surface area is 125 Å². The predicted molar refractivity (Wildman–Crippen MR) is 80.4 cm³/mol. The van der Waals surface area contributed by atoms with E-state index in [-0.39, 0.29) is 11.9 Å². The Bertz CT molecular complexity index is 651. The summed E-state index contributed by atoms with van der Waals surface area (Å²) >= 11 is 3.28. The Morgan fingerprint density at radius 3 is 2.85 bits per heavy atom. The molecule has 1 aromatic carbocycles. The van der Waals surface area contributed by atoms with Crippen molar-refractivity contribution in [2.24, 2.45) is 5.73 Å². The molecule has 1 atom stereocenters. The van der Waals surface area contributed by atoms with Crippen LogP contribution in [-0.4, -0.2) is 5.91 Å². The van der Waals surface area contributed by atoms with E-state index >= 15 is 0 Å². The van der Waals surface area contributed by atoms with Crippen LogP contribution in [0.3, 0.4) is 0 Å². The molecule has 5 heteroatoms. The van der Waals surface area contributed by atoms with Gasteiger partial charge in [-0.05, 0) is 58.1 Å². The van der Waals surface area contributed by atoms with E-state index in [0.717, 1.165) is 35.4 Å². The Balaban J connectivity index is 1.92. The minimum absolute atomic E-state index is 0.0794. The number of anilines is 1. The van der Waals surface area contributed by atoms with Crippen LogP contribution in [0.15, 0.2) is 39.4 Å².